The summed E-state index contributed by atoms with van der Waals surface area (Å²) in [7, 11) is 0. The number of aromatic amines is 1. The molecule has 0 radical (unpaired) electrons. The van der Waals surface area contributed by atoms with Crippen LogP contribution < -0.4 is 16.6 Å². The lowest BCUT2D eigenvalue weighted by Crippen LogP contribution is -2.26. The number of H-pyrrole nitrogens is 1. The van der Waals surface area contributed by atoms with Gasteiger partial charge in [0.2, 0.25) is 5.89 Å². The molecule has 1 unspecified atom stereocenters. The van der Waals surface area contributed by atoms with Crippen LogP contribution in [-0.4, -0.2) is 34.9 Å². The summed E-state index contributed by atoms with van der Waals surface area (Å²) in [5.41, 5.74) is 7.65. The van der Waals surface area contributed by atoms with Crippen LogP contribution in [0.1, 0.15) is 30.2 Å². The number of halogens is 1. The Bertz CT molecular complexity index is 1590. The molecule has 0 aliphatic rings. The molecule has 0 fully saturated rings. The number of aromatic nitrogens is 7. The summed E-state index contributed by atoms with van der Waals surface area (Å²) < 4.78 is 7.08. The number of benzene rings is 1. The zero-order valence-electron chi connectivity index (χ0n) is 18.5. The first-order valence-corrected chi connectivity index (χ1v) is 10.8. The maximum Gasteiger partial charge on any atom is 0.266 e. The lowest BCUT2D eigenvalue weighted by Gasteiger charge is -2.21. The first-order valence-electron chi connectivity index (χ1n) is 10.4. The Morgan fingerprint density at radius 1 is 1.21 bits per heavy atom. The van der Waals surface area contributed by atoms with Crippen LogP contribution in [0.2, 0.25) is 5.02 Å². The monoisotopic (exact) mass is 477 g/mol. The highest BCUT2D eigenvalue weighted by Crippen LogP contribution is 2.32. The van der Waals surface area contributed by atoms with Crippen molar-refractivity contribution in [3.63, 3.8) is 0 Å². The van der Waals surface area contributed by atoms with E-state index in [0.717, 1.165) is 5.69 Å². The Morgan fingerprint density at radius 2 is 2.03 bits per heavy atom. The van der Waals surface area contributed by atoms with Crippen LogP contribution >= 0.6 is 11.6 Å². The minimum atomic E-state index is -0.426. The fourth-order valence-electron chi connectivity index (χ4n) is 3.81. The van der Waals surface area contributed by atoms with Gasteiger partial charge in [0.25, 0.3) is 11.4 Å². The molecule has 1 atom stereocenters. The van der Waals surface area contributed by atoms with Crippen molar-refractivity contribution in [2.45, 2.75) is 26.8 Å². The predicted octanol–water partition coefficient (Wildman–Crippen LogP) is 3.58. The van der Waals surface area contributed by atoms with Crippen molar-refractivity contribution in [1.29, 1.82) is 0 Å². The molecule has 11 nitrogen and oxygen atoms in total. The normalized spacial score (nSPS) is 12.2. The second-order valence-electron chi connectivity index (χ2n) is 7.80. The van der Waals surface area contributed by atoms with Gasteiger partial charge in [-0.25, -0.2) is 9.97 Å². The lowest BCUT2D eigenvalue weighted by molar-refractivity contribution is 0.532. The molecule has 0 saturated heterocycles. The van der Waals surface area contributed by atoms with E-state index in [1.807, 2.05) is 26.0 Å². The van der Waals surface area contributed by atoms with Crippen LogP contribution in [0, 0.1) is 13.8 Å². The van der Waals surface area contributed by atoms with Crippen molar-refractivity contribution < 1.29 is 4.42 Å². The summed E-state index contributed by atoms with van der Waals surface area (Å²) in [5, 5.41) is 19.9. The number of aryl methyl sites for hydroxylation is 2. The standard InChI is InChI=1S/C22H20ClN9O2/c1-10-7-16(30-28-10)32-15(8-13-5-4-6-14(23)17(13)22(32)33)11(2)27-20-18(19(24)25-9-26-20)21-31-29-12(3)34-21/h4-9,11H,1-3H3,(H,28,30)(H3,24,25,26,27). The average Bonchev–Trinajstić information content (AvgIpc) is 3.41. The number of fused-ring (bicyclic) bond motifs is 1. The molecule has 1 aromatic carbocycles. The zero-order chi connectivity index (χ0) is 24.0. The molecular weight excluding hydrogens is 458 g/mol. The third-order valence-corrected chi connectivity index (χ3v) is 5.67. The van der Waals surface area contributed by atoms with Gasteiger partial charge in [-0.05, 0) is 31.4 Å². The molecular formula is C22H20ClN9O2. The van der Waals surface area contributed by atoms with Crippen molar-refractivity contribution in [2.24, 2.45) is 0 Å². The van der Waals surface area contributed by atoms with Crippen LogP contribution in [0.15, 0.2) is 45.9 Å². The van der Waals surface area contributed by atoms with Gasteiger partial charge in [-0.3, -0.25) is 14.5 Å². The van der Waals surface area contributed by atoms with Crippen molar-refractivity contribution >= 4 is 34.0 Å². The van der Waals surface area contributed by atoms with Gasteiger partial charge in [0, 0.05) is 18.7 Å². The SMILES string of the molecule is Cc1cc(-n2c(C(C)Nc3ncnc(N)c3-c3nnc(C)o3)cc3cccc(Cl)c3c2=O)n[nH]1. The Labute approximate surface area is 198 Å². The molecule has 4 aromatic heterocycles. The number of anilines is 2. The molecule has 4 N–H and O–H groups in total. The lowest BCUT2D eigenvalue weighted by atomic mass is 10.1. The van der Waals surface area contributed by atoms with Gasteiger partial charge in [0.1, 0.15) is 23.5 Å². The van der Waals surface area contributed by atoms with Gasteiger partial charge in [-0.1, -0.05) is 23.7 Å². The van der Waals surface area contributed by atoms with Crippen molar-refractivity contribution in [3.05, 3.63) is 69.3 Å². The first kappa shape index (κ1) is 21.6. The number of nitrogens with two attached hydrogens (primary N) is 1. The Hall–Kier alpha value is -4.25. The summed E-state index contributed by atoms with van der Waals surface area (Å²) in [4.78, 5) is 22.0. The fraction of sp³-hybridized carbons (Fsp3) is 0.182. The molecule has 34 heavy (non-hydrogen) atoms. The minimum Gasteiger partial charge on any atom is -0.421 e. The van der Waals surface area contributed by atoms with Gasteiger partial charge in [0.05, 0.1) is 22.1 Å². The summed E-state index contributed by atoms with van der Waals surface area (Å²) in [5.74, 6) is 1.58. The number of nitrogen functional groups attached to an aromatic ring is 1. The molecule has 0 saturated carbocycles. The van der Waals surface area contributed by atoms with Crippen molar-refractivity contribution in [3.8, 4) is 17.3 Å². The van der Waals surface area contributed by atoms with E-state index in [0.29, 0.717) is 44.6 Å². The number of hydrogen-bond donors (Lipinski definition) is 3. The van der Waals surface area contributed by atoms with Gasteiger partial charge in [0.15, 0.2) is 5.82 Å². The van der Waals surface area contributed by atoms with E-state index < -0.39 is 6.04 Å². The van der Waals surface area contributed by atoms with Crippen LogP contribution in [-0.2, 0) is 0 Å². The third-order valence-electron chi connectivity index (χ3n) is 5.36. The van der Waals surface area contributed by atoms with E-state index in [1.165, 1.54) is 10.9 Å². The van der Waals surface area contributed by atoms with Gasteiger partial charge in [-0.15, -0.1) is 10.2 Å². The molecule has 0 amide bonds. The van der Waals surface area contributed by atoms with Crippen molar-refractivity contribution in [2.75, 3.05) is 11.1 Å². The maximum absolute atomic E-state index is 13.6. The number of rotatable bonds is 5. The smallest absolute Gasteiger partial charge is 0.266 e. The fourth-order valence-corrected chi connectivity index (χ4v) is 4.07. The van der Waals surface area contributed by atoms with E-state index in [2.05, 4.69) is 35.7 Å². The molecule has 5 aromatic rings. The zero-order valence-corrected chi connectivity index (χ0v) is 19.3. The summed E-state index contributed by atoms with van der Waals surface area (Å²) in [6.45, 7) is 5.43. The molecule has 0 aliphatic carbocycles. The molecule has 5 rings (SSSR count). The van der Waals surface area contributed by atoms with Crippen LogP contribution in [0.4, 0.5) is 11.6 Å². The van der Waals surface area contributed by atoms with E-state index in [9.17, 15) is 4.79 Å². The Balaban J connectivity index is 1.67. The quantitative estimate of drug-likeness (QED) is 0.344. The molecule has 172 valence electrons. The predicted molar refractivity (Wildman–Crippen MR) is 128 cm³/mol. The van der Waals surface area contributed by atoms with Crippen LogP contribution in [0.3, 0.4) is 0 Å². The molecule has 0 spiro atoms. The molecule has 4 heterocycles. The van der Waals surface area contributed by atoms with Gasteiger partial charge < -0.3 is 15.5 Å². The summed E-state index contributed by atoms with van der Waals surface area (Å²) in [6, 6.07) is 8.59. The highest BCUT2D eigenvalue weighted by molar-refractivity contribution is 6.35. The van der Waals surface area contributed by atoms with Crippen molar-refractivity contribution in [1.82, 2.24) is 34.9 Å². The summed E-state index contributed by atoms with van der Waals surface area (Å²) in [6.07, 6.45) is 1.33. The molecule has 12 heteroatoms. The number of hydrogen-bond acceptors (Lipinski definition) is 9. The largest absolute Gasteiger partial charge is 0.421 e. The molecule has 0 aliphatic heterocycles. The highest BCUT2D eigenvalue weighted by Gasteiger charge is 2.23. The molecule has 0 bridgehead atoms. The second-order valence-corrected chi connectivity index (χ2v) is 8.20. The van der Waals surface area contributed by atoms with E-state index >= 15 is 0 Å². The topological polar surface area (TPSA) is 153 Å². The van der Waals surface area contributed by atoms with E-state index in [4.69, 9.17) is 21.8 Å². The summed E-state index contributed by atoms with van der Waals surface area (Å²) >= 11 is 6.39. The highest BCUT2D eigenvalue weighted by atomic mass is 35.5. The first-order chi connectivity index (χ1) is 16.3. The van der Waals surface area contributed by atoms with Crippen LogP contribution in [0.5, 0.6) is 0 Å². The van der Waals surface area contributed by atoms with Crippen LogP contribution in [0.25, 0.3) is 28.0 Å². The van der Waals surface area contributed by atoms with E-state index in [1.54, 1.807) is 25.1 Å². The van der Waals surface area contributed by atoms with E-state index in [-0.39, 0.29) is 17.3 Å². The Kier molecular flexibility index (Phi) is 5.25. The van der Waals surface area contributed by atoms with Gasteiger partial charge >= 0.3 is 0 Å². The maximum atomic E-state index is 13.6. The number of pyridine rings is 1. The third kappa shape index (κ3) is 3.65. The minimum absolute atomic E-state index is 0.180. The van der Waals surface area contributed by atoms with Gasteiger partial charge in [-0.2, -0.15) is 5.10 Å². The Morgan fingerprint density at radius 3 is 2.74 bits per heavy atom. The average molecular weight is 478 g/mol. The number of nitrogens with zero attached hydrogens (tertiary/aromatic N) is 6. The number of nitrogens with one attached hydrogen (secondary N) is 2. The second kappa shape index (κ2) is 8.27.